The number of nitrogens with zero attached hydrogens (tertiary/aromatic N) is 1. The molecule has 1 atom stereocenters. The van der Waals surface area contributed by atoms with Gasteiger partial charge in [0.2, 0.25) is 5.91 Å². The molecule has 1 fully saturated rings. The lowest BCUT2D eigenvalue weighted by molar-refractivity contribution is -0.135. The summed E-state index contributed by atoms with van der Waals surface area (Å²) in [6, 6.07) is 4.78. The third kappa shape index (κ3) is 4.53. The minimum Gasteiger partial charge on any atom is -0.341 e. The van der Waals surface area contributed by atoms with Gasteiger partial charge in [0.05, 0.1) is 0 Å². The molecule has 4 nitrogen and oxygen atoms in total. The Morgan fingerprint density at radius 1 is 1.17 bits per heavy atom. The molecule has 1 aromatic carbocycles. The van der Waals surface area contributed by atoms with E-state index in [2.05, 4.69) is 12.2 Å². The van der Waals surface area contributed by atoms with Gasteiger partial charge in [-0.2, -0.15) is 0 Å². The van der Waals surface area contributed by atoms with E-state index in [0.717, 1.165) is 25.9 Å². The summed E-state index contributed by atoms with van der Waals surface area (Å²) < 4.78 is 13.0. The fourth-order valence-corrected chi connectivity index (χ4v) is 2.77. The highest BCUT2D eigenvalue weighted by Gasteiger charge is 2.30. The van der Waals surface area contributed by atoms with E-state index in [9.17, 15) is 14.0 Å². The Morgan fingerprint density at radius 3 is 2.26 bits per heavy atom. The third-order valence-electron chi connectivity index (χ3n) is 4.42. The maximum absolute atomic E-state index is 13.0. The smallest absolute Gasteiger partial charge is 0.251 e. The van der Waals surface area contributed by atoms with Crippen molar-refractivity contribution in [3.05, 3.63) is 35.6 Å². The fraction of sp³-hybridized carbons (Fsp3) is 0.556. The van der Waals surface area contributed by atoms with Gasteiger partial charge in [-0.25, -0.2) is 4.39 Å². The monoisotopic (exact) mass is 320 g/mol. The van der Waals surface area contributed by atoms with Crippen LogP contribution in [-0.4, -0.2) is 35.8 Å². The van der Waals surface area contributed by atoms with Crippen LogP contribution in [0.1, 0.15) is 44.0 Å². The van der Waals surface area contributed by atoms with Crippen LogP contribution in [0, 0.1) is 17.7 Å². The zero-order valence-electron chi connectivity index (χ0n) is 14.0. The lowest BCUT2D eigenvalue weighted by Gasteiger charge is -2.34. The lowest BCUT2D eigenvalue weighted by Crippen LogP contribution is -2.52. The minimum absolute atomic E-state index is 0.00810. The molecule has 0 radical (unpaired) electrons. The van der Waals surface area contributed by atoms with Gasteiger partial charge < -0.3 is 10.2 Å². The molecule has 2 amide bonds. The number of amides is 2. The fourth-order valence-electron chi connectivity index (χ4n) is 2.77. The van der Waals surface area contributed by atoms with E-state index in [-0.39, 0.29) is 23.5 Å². The second-order valence-corrected chi connectivity index (χ2v) is 6.71. The molecule has 1 aliphatic heterocycles. The number of likely N-dealkylation sites (tertiary alicyclic amines) is 1. The van der Waals surface area contributed by atoms with E-state index in [1.165, 1.54) is 24.3 Å². The summed E-state index contributed by atoms with van der Waals surface area (Å²) in [7, 11) is 0. The first-order chi connectivity index (χ1) is 10.9. The van der Waals surface area contributed by atoms with E-state index in [0.29, 0.717) is 11.5 Å². The van der Waals surface area contributed by atoms with Crippen LogP contribution < -0.4 is 5.32 Å². The molecule has 126 valence electrons. The van der Waals surface area contributed by atoms with Crippen LogP contribution in [0.15, 0.2) is 24.3 Å². The van der Waals surface area contributed by atoms with Crippen LogP contribution in [0.5, 0.6) is 0 Å². The number of benzene rings is 1. The van der Waals surface area contributed by atoms with Crippen LogP contribution in [0.4, 0.5) is 4.39 Å². The quantitative estimate of drug-likeness (QED) is 0.927. The Labute approximate surface area is 137 Å². The Balaban J connectivity index is 2.04. The Morgan fingerprint density at radius 2 is 1.74 bits per heavy atom. The number of piperidine rings is 1. The lowest BCUT2D eigenvalue weighted by atomic mass is 9.96. The molecule has 0 aromatic heterocycles. The Kier molecular flexibility index (Phi) is 5.74. The van der Waals surface area contributed by atoms with Gasteiger partial charge in [0, 0.05) is 18.7 Å². The first-order valence-corrected chi connectivity index (χ1v) is 8.23. The Bertz CT molecular complexity index is 549. The first-order valence-electron chi connectivity index (χ1n) is 8.23. The molecule has 1 N–H and O–H groups in total. The highest BCUT2D eigenvalue weighted by atomic mass is 19.1. The number of rotatable bonds is 4. The van der Waals surface area contributed by atoms with E-state index in [1.807, 2.05) is 18.7 Å². The second kappa shape index (κ2) is 7.57. The summed E-state index contributed by atoms with van der Waals surface area (Å²) in [6.45, 7) is 7.52. The van der Waals surface area contributed by atoms with Crippen LogP contribution >= 0.6 is 0 Å². The van der Waals surface area contributed by atoms with Gasteiger partial charge >= 0.3 is 0 Å². The van der Waals surface area contributed by atoms with Crippen molar-refractivity contribution in [2.45, 2.75) is 39.7 Å². The number of carbonyl (C=O) groups is 2. The largest absolute Gasteiger partial charge is 0.341 e. The van der Waals surface area contributed by atoms with Gasteiger partial charge in [0.15, 0.2) is 0 Å². The molecule has 0 unspecified atom stereocenters. The maximum atomic E-state index is 13.0. The summed E-state index contributed by atoms with van der Waals surface area (Å²) in [5.41, 5.74) is 0.358. The zero-order valence-corrected chi connectivity index (χ0v) is 14.0. The number of hydrogen-bond donors (Lipinski definition) is 1. The number of halogens is 1. The molecule has 1 heterocycles. The molecule has 0 aliphatic carbocycles. The van der Waals surface area contributed by atoms with Gasteiger partial charge in [0.1, 0.15) is 11.9 Å². The van der Waals surface area contributed by atoms with Crippen LogP contribution in [-0.2, 0) is 4.79 Å². The van der Waals surface area contributed by atoms with Crippen molar-refractivity contribution in [3.8, 4) is 0 Å². The van der Waals surface area contributed by atoms with E-state index < -0.39 is 6.04 Å². The number of hydrogen-bond acceptors (Lipinski definition) is 2. The van der Waals surface area contributed by atoms with Crippen molar-refractivity contribution >= 4 is 11.8 Å². The highest BCUT2D eigenvalue weighted by molar-refractivity contribution is 5.97. The predicted molar refractivity (Wildman–Crippen MR) is 87.5 cm³/mol. The molecule has 23 heavy (non-hydrogen) atoms. The Hall–Kier alpha value is -1.91. The summed E-state index contributed by atoms with van der Waals surface area (Å²) in [6.07, 6.45) is 2.00. The molecule has 1 aliphatic rings. The molecule has 1 aromatic rings. The van der Waals surface area contributed by atoms with Crippen molar-refractivity contribution in [1.29, 1.82) is 0 Å². The van der Waals surface area contributed by atoms with Crippen LogP contribution in [0.2, 0.25) is 0 Å². The average molecular weight is 320 g/mol. The standard InChI is InChI=1S/C18H25FN2O2/c1-12(2)16(18(23)21-10-8-13(3)9-11-21)20-17(22)14-4-6-15(19)7-5-14/h4-7,12-13,16H,8-11H2,1-3H3,(H,20,22)/t16-/m1/s1. The molecule has 2 rings (SSSR count). The van der Waals surface area contributed by atoms with Gasteiger partial charge in [0.25, 0.3) is 5.91 Å². The summed E-state index contributed by atoms with van der Waals surface area (Å²) in [5, 5.41) is 2.81. The van der Waals surface area contributed by atoms with E-state index in [1.54, 1.807) is 0 Å². The zero-order chi connectivity index (χ0) is 17.0. The summed E-state index contributed by atoms with van der Waals surface area (Å²) in [4.78, 5) is 26.9. The summed E-state index contributed by atoms with van der Waals surface area (Å²) in [5.74, 6) is -0.123. The SMILES string of the molecule is CC1CCN(C(=O)[C@H](NC(=O)c2ccc(F)cc2)C(C)C)CC1. The van der Waals surface area contributed by atoms with Gasteiger partial charge in [-0.1, -0.05) is 20.8 Å². The van der Waals surface area contributed by atoms with E-state index >= 15 is 0 Å². The van der Waals surface area contributed by atoms with Crippen LogP contribution in [0.25, 0.3) is 0 Å². The van der Waals surface area contributed by atoms with E-state index in [4.69, 9.17) is 0 Å². The van der Waals surface area contributed by atoms with Crippen molar-refractivity contribution in [2.24, 2.45) is 11.8 Å². The normalized spacial score (nSPS) is 17.2. The number of carbonyl (C=O) groups excluding carboxylic acids is 2. The van der Waals surface area contributed by atoms with Crippen LogP contribution in [0.3, 0.4) is 0 Å². The molecule has 0 bridgehead atoms. The molecule has 0 saturated carbocycles. The van der Waals surface area contributed by atoms with Crippen molar-refractivity contribution in [2.75, 3.05) is 13.1 Å². The summed E-state index contributed by atoms with van der Waals surface area (Å²) >= 11 is 0. The van der Waals surface area contributed by atoms with Gasteiger partial charge in [-0.3, -0.25) is 9.59 Å². The minimum atomic E-state index is -0.555. The van der Waals surface area contributed by atoms with Gasteiger partial charge in [-0.15, -0.1) is 0 Å². The average Bonchev–Trinajstić information content (AvgIpc) is 2.53. The maximum Gasteiger partial charge on any atom is 0.251 e. The molecule has 0 spiro atoms. The second-order valence-electron chi connectivity index (χ2n) is 6.71. The number of nitrogens with one attached hydrogen (secondary N) is 1. The molecule has 1 saturated heterocycles. The molecule has 5 heteroatoms. The molecular formula is C18H25FN2O2. The third-order valence-corrected chi connectivity index (χ3v) is 4.42. The van der Waals surface area contributed by atoms with Crippen molar-refractivity contribution in [3.63, 3.8) is 0 Å². The first kappa shape index (κ1) is 17.4. The molecular weight excluding hydrogens is 295 g/mol. The van der Waals surface area contributed by atoms with Crippen molar-refractivity contribution in [1.82, 2.24) is 10.2 Å². The predicted octanol–water partition coefficient (Wildman–Crippen LogP) is 2.84. The topological polar surface area (TPSA) is 49.4 Å². The van der Waals surface area contributed by atoms with Gasteiger partial charge in [-0.05, 0) is 48.9 Å². The van der Waals surface area contributed by atoms with Crippen molar-refractivity contribution < 1.29 is 14.0 Å². The highest BCUT2D eigenvalue weighted by Crippen LogP contribution is 2.18.